The first kappa shape index (κ1) is 17.8. The Hall–Kier alpha value is -0.520. The summed E-state index contributed by atoms with van der Waals surface area (Å²) in [4.78, 5) is 0. The van der Waals surface area contributed by atoms with Gasteiger partial charge in [-0.25, -0.2) is 0 Å². The van der Waals surface area contributed by atoms with E-state index in [-0.39, 0.29) is 0 Å². The molecule has 1 saturated carbocycles. The molecular formula is C22H38. The van der Waals surface area contributed by atoms with Crippen LogP contribution in [0.5, 0.6) is 0 Å². The van der Waals surface area contributed by atoms with Gasteiger partial charge in [0, 0.05) is 0 Å². The summed E-state index contributed by atoms with van der Waals surface area (Å²) in [5, 5.41) is 0. The fourth-order valence-electron chi connectivity index (χ4n) is 4.39. The van der Waals surface area contributed by atoms with Crippen molar-refractivity contribution in [2.24, 2.45) is 28.6 Å². The maximum atomic E-state index is 4.47. The van der Waals surface area contributed by atoms with E-state index < -0.39 is 0 Å². The van der Waals surface area contributed by atoms with E-state index in [0.29, 0.717) is 10.8 Å². The third kappa shape index (κ3) is 4.49. The summed E-state index contributed by atoms with van der Waals surface area (Å²) in [5.41, 5.74) is 4.16. The van der Waals surface area contributed by atoms with Crippen LogP contribution in [0.4, 0.5) is 0 Å². The minimum absolute atomic E-state index is 0.440. The molecule has 0 spiro atoms. The van der Waals surface area contributed by atoms with Crippen LogP contribution in [0.2, 0.25) is 0 Å². The van der Waals surface area contributed by atoms with Gasteiger partial charge in [0.15, 0.2) is 0 Å². The fourth-order valence-corrected chi connectivity index (χ4v) is 4.39. The van der Waals surface area contributed by atoms with E-state index in [4.69, 9.17) is 0 Å². The van der Waals surface area contributed by atoms with Gasteiger partial charge in [0.2, 0.25) is 0 Å². The zero-order valence-corrected chi connectivity index (χ0v) is 16.0. The Kier molecular flexibility index (Phi) is 5.30. The molecule has 0 amide bonds. The summed E-state index contributed by atoms with van der Waals surface area (Å²) in [6, 6.07) is 0. The molecule has 0 aliphatic heterocycles. The molecule has 0 aromatic rings. The average molecular weight is 303 g/mol. The van der Waals surface area contributed by atoms with Crippen molar-refractivity contribution in [3.8, 4) is 0 Å². The Morgan fingerprint density at radius 1 is 0.909 bits per heavy atom. The summed E-state index contributed by atoms with van der Waals surface area (Å²) in [6.45, 7) is 18.9. The Morgan fingerprint density at radius 2 is 1.50 bits per heavy atom. The maximum absolute atomic E-state index is 4.47. The highest BCUT2D eigenvalue weighted by molar-refractivity contribution is 5.16. The summed E-state index contributed by atoms with van der Waals surface area (Å²) in [5.74, 6) is 2.45. The van der Waals surface area contributed by atoms with Crippen LogP contribution < -0.4 is 0 Å². The lowest BCUT2D eigenvalue weighted by molar-refractivity contribution is 0.181. The first-order valence-electron chi connectivity index (χ1n) is 9.43. The summed E-state index contributed by atoms with van der Waals surface area (Å²) < 4.78 is 0. The lowest BCUT2D eigenvalue weighted by Gasteiger charge is -2.40. The Labute approximate surface area is 139 Å². The minimum atomic E-state index is 0.440. The normalized spacial score (nSPS) is 31.1. The fraction of sp³-hybridized carbons (Fsp3) is 0.818. The van der Waals surface area contributed by atoms with E-state index in [0.717, 1.165) is 17.8 Å². The second kappa shape index (κ2) is 6.54. The quantitative estimate of drug-likeness (QED) is 0.474. The highest BCUT2D eigenvalue weighted by atomic mass is 14.4. The van der Waals surface area contributed by atoms with Gasteiger partial charge >= 0.3 is 0 Å². The topological polar surface area (TPSA) is 0 Å². The van der Waals surface area contributed by atoms with Crippen molar-refractivity contribution in [2.75, 3.05) is 0 Å². The summed E-state index contributed by atoms with van der Waals surface area (Å²) >= 11 is 0. The van der Waals surface area contributed by atoms with E-state index in [1.165, 1.54) is 50.5 Å². The molecule has 0 bridgehead atoms. The van der Waals surface area contributed by atoms with Gasteiger partial charge in [-0.3, -0.25) is 0 Å². The van der Waals surface area contributed by atoms with Crippen LogP contribution in [0.1, 0.15) is 86.5 Å². The first-order chi connectivity index (χ1) is 10.1. The van der Waals surface area contributed by atoms with Crippen LogP contribution in [0, 0.1) is 28.6 Å². The molecule has 1 fully saturated rings. The highest BCUT2D eigenvalue weighted by Crippen LogP contribution is 2.45. The molecule has 0 aromatic carbocycles. The van der Waals surface area contributed by atoms with Gasteiger partial charge in [0.25, 0.3) is 0 Å². The van der Waals surface area contributed by atoms with E-state index in [1.807, 2.05) is 0 Å². The van der Waals surface area contributed by atoms with Crippen LogP contribution in [0.25, 0.3) is 0 Å². The predicted molar refractivity (Wildman–Crippen MR) is 98.9 cm³/mol. The van der Waals surface area contributed by atoms with E-state index in [2.05, 4.69) is 54.2 Å². The second-order valence-corrected chi connectivity index (χ2v) is 10.1. The second-order valence-electron chi connectivity index (χ2n) is 10.1. The highest BCUT2D eigenvalue weighted by Gasteiger charge is 2.33. The number of hydrogen-bond acceptors (Lipinski definition) is 0. The molecule has 126 valence electrons. The van der Waals surface area contributed by atoms with Gasteiger partial charge in [-0.15, -0.1) is 0 Å². The number of allylic oxidation sites excluding steroid dienone is 3. The molecular weight excluding hydrogens is 264 g/mol. The molecule has 0 aromatic heterocycles. The zero-order valence-electron chi connectivity index (χ0n) is 16.0. The average Bonchev–Trinajstić information content (AvgIpc) is 2.39. The van der Waals surface area contributed by atoms with Crippen molar-refractivity contribution in [3.05, 3.63) is 23.8 Å². The molecule has 0 nitrogen and oxygen atoms in total. The van der Waals surface area contributed by atoms with E-state index >= 15 is 0 Å². The lowest BCUT2D eigenvalue weighted by Crippen LogP contribution is -2.28. The molecule has 2 rings (SSSR count). The third-order valence-electron chi connectivity index (χ3n) is 6.36. The molecule has 0 heteroatoms. The molecule has 2 aliphatic rings. The molecule has 0 saturated heterocycles. The van der Waals surface area contributed by atoms with Gasteiger partial charge < -0.3 is 0 Å². The number of hydrogen-bond donors (Lipinski definition) is 0. The van der Waals surface area contributed by atoms with Crippen LogP contribution in [-0.2, 0) is 0 Å². The molecule has 0 radical (unpaired) electrons. The van der Waals surface area contributed by atoms with Gasteiger partial charge in [-0.2, -0.15) is 0 Å². The van der Waals surface area contributed by atoms with Crippen molar-refractivity contribution >= 4 is 0 Å². The zero-order chi connectivity index (χ0) is 16.5. The molecule has 0 N–H and O–H groups in total. The van der Waals surface area contributed by atoms with Crippen LogP contribution in [-0.4, -0.2) is 0 Å². The van der Waals surface area contributed by atoms with Crippen molar-refractivity contribution in [1.82, 2.24) is 0 Å². The van der Waals surface area contributed by atoms with Crippen molar-refractivity contribution in [2.45, 2.75) is 86.5 Å². The predicted octanol–water partition coefficient (Wildman–Crippen LogP) is 7.17. The standard InChI is InChI=1S/C22H38/c1-16-13-20(22(5,6)7)12-11-18(16)14-17-9-8-10-19(15-17)21(2,3)4/h9,18-20H,1,8,10-15H2,2-7H3. The Morgan fingerprint density at radius 3 is 2.05 bits per heavy atom. The Balaban J connectivity index is 1.92. The smallest absolute Gasteiger partial charge is 0.0168 e. The number of rotatable bonds is 2. The van der Waals surface area contributed by atoms with Crippen LogP contribution >= 0.6 is 0 Å². The SMILES string of the molecule is C=C1CC(C(C)(C)C)CCC1CC1=CCCC(C(C)(C)C)C1. The molecule has 22 heavy (non-hydrogen) atoms. The maximum Gasteiger partial charge on any atom is -0.0168 e. The third-order valence-corrected chi connectivity index (χ3v) is 6.36. The van der Waals surface area contributed by atoms with Crippen LogP contribution in [0.15, 0.2) is 23.8 Å². The Bertz CT molecular complexity index is 424. The molecule has 3 atom stereocenters. The lowest BCUT2D eigenvalue weighted by atomic mass is 9.66. The van der Waals surface area contributed by atoms with Crippen LogP contribution in [0.3, 0.4) is 0 Å². The van der Waals surface area contributed by atoms with Gasteiger partial charge in [0.05, 0.1) is 0 Å². The monoisotopic (exact) mass is 302 g/mol. The molecule has 3 unspecified atom stereocenters. The van der Waals surface area contributed by atoms with E-state index in [9.17, 15) is 0 Å². The summed E-state index contributed by atoms with van der Waals surface area (Å²) in [7, 11) is 0. The summed E-state index contributed by atoms with van der Waals surface area (Å²) in [6.07, 6.45) is 11.8. The molecule has 0 heterocycles. The van der Waals surface area contributed by atoms with Crippen molar-refractivity contribution < 1.29 is 0 Å². The largest absolute Gasteiger partial charge is 0.0996 e. The molecule has 2 aliphatic carbocycles. The van der Waals surface area contributed by atoms with Gasteiger partial charge in [-0.05, 0) is 73.5 Å². The van der Waals surface area contributed by atoms with Gasteiger partial charge in [0.1, 0.15) is 0 Å². The first-order valence-corrected chi connectivity index (χ1v) is 9.43. The van der Waals surface area contributed by atoms with E-state index in [1.54, 1.807) is 5.57 Å². The van der Waals surface area contributed by atoms with Crippen molar-refractivity contribution in [3.63, 3.8) is 0 Å². The van der Waals surface area contributed by atoms with Crippen molar-refractivity contribution in [1.29, 1.82) is 0 Å². The van der Waals surface area contributed by atoms with Gasteiger partial charge in [-0.1, -0.05) is 65.3 Å². The minimum Gasteiger partial charge on any atom is -0.0996 e.